The fourth-order valence-electron chi connectivity index (χ4n) is 3.69. The van der Waals surface area contributed by atoms with Crippen LogP contribution in [0.15, 0.2) is 10.9 Å². The molecular weight excluding hydrogens is 368 g/mol. The molecule has 0 aliphatic carbocycles. The van der Waals surface area contributed by atoms with Crippen LogP contribution in [0.2, 0.25) is 0 Å². The Morgan fingerprint density at radius 1 is 1.37 bits per heavy atom. The third kappa shape index (κ3) is 3.83. The van der Waals surface area contributed by atoms with Gasteiger partial charge in [-0.2, -0.15) is 9.50 Å². The number of nitrogens with zero attached hydrogens (tertiary/aromatic N) is 5. The van der Waals surface area contributed by atoms with Gasteiger partial charge in [0, 0.05) is 31.7 Å². The molecule has 0 aromatic carbocycles. The summed E-state index contributed by atoms with van der Waals surface area (Å²) in [6.07, 6.45) is 2.24. The second-order valence-electron chi connectivity index (χ2n) is 6.79. The molecule has 1 amide bonds. The number of hydrogen-bond donors (Lipinski definition) is 1. The van der Waals surface area contributed by atoms with E-state index in [1.54, 1.807) is 0 Å². The highest BCUT2D eigenvalue weighted by Gasteiger charge is 2.25. The Bertz CT molecular complexity index is 875. The molecule has 9 nitrogen and oxygen atoms in total. The second kappa shape index (κ2) is 7.91. The van der Waals surface area contributed by atoms with Gasteiger partial charge >= 0.3 is 0 Å². The minimum Gasteiger partial charge on any atom is -0.378 e. The first kappa shape index (κ1) is 18.3. The highest BCUT2D eigenvalue weighted by molar-refractivity contribution is 7.20. The predicted octanol–water partition coefficient (Wildman–Crippen LogP) is 0.202. The lowest BCUT2D eigenvalue weighted by molar-refractivity contribution is 0.0933. The molecule has 0 spiro atoms. The van der Waals surface area contributed by atoms with Crippen LogP contribution in [0.1, 0.15) is 30.3 Å². The number of carbonyl (C=O) groups is 1. The van der Waals surface area contributed by atoms with E-state index < -0.39 is 5.56 Å². The summed E-state index contributed by atoms with van der Waals surface area (Å²) < 4.78 is 6.85. The van der Waals surface area contributed by atoms with Crippen LogP contribution < -0.4 is 15.8 Å². The highest BCUT2D eigenvalue weighted by atomic mass is 32.1. The monoisotopic (exact) mass is 392 g/mol. The molecule has 0 bridgehead atoms. The van der Waals surface area contributed by atoms with Crippen LogP contribution in [0, 0.1) is 0 Å². The summed E-state index contributed by atoms with van der Waals surface area (Å²) in [5, 5.41) is 8.27. The van der Waals surface area contributed by atoms with Crippen molar-refractivity contribution in [3.63, 3.8) is 0 Å². The number of anilines is 1. The van der Waals surface area contributed by atoms with Crippen molar-refractivity contribution in [3.05, 3.63) is 22.1 Å². The van der Waals surface area contributed by atoms with Gasteiger partial charge in [0.2, 0.25) is 10.1 Å². The predicted molar refractivity (Wildman–Crippen MR) is 103 cm³/mol. The molecule has 2 aromatic rings. The number of likely N-dealkylation sites (N-methyl/N-ethyl adjacent to an activating group) is 1. The fraction of sp³-hybridized carbons (Fsp3) is 0.647. The zero-order valence-corrected chi connectivity index (χ0v) is 16.2. The summed E-state index contributed by atoms with van der Waals surface area (Å²) in [5.74, 6) is -0.286. The molecule has 10 heteroatoms. The van der Waals surface area contributed by atoms with Gasteiger partial charge in [0.1, 0.15) is 5.69 Å². The first-order valence-electron chi connectivity index (χ1n) is 9.41. The lowest BCUT2D eigenvalue weighted by atomic mass is 10.2. The number of ether oxygens (including phenoxy) is 1. The lowest BCUT2D eigenvalue weighted by Gasteiger charge is -2.25. The SMILES string of the molecule is CCN1CCC[C@H]1CNC(=O)c1cc(=O)nc2sc(N3CCOCC3)nn12. The molecular formula is C17H24N6O3S. The van der Waals surface area contributed by atoms with Crippen molar-refractivity contribution < 1.29 is 9.53 Å². The quantitative estimate of drug-likeness (QED) is 0.777. The standard InChI is InChI=1S/C17H24N6O3S/c1-2-21-5-3-4-12(21)11-18-15(25)13-10-14(24)19-16-23(13)20-17(27-16)22-6-8-26-9-7-22/h10,12H,2-9,11H2,1H3,(H,18,25)/t12-/m0/s1. The number of hydrogen-bond acceptors (Lipinski definition) is 8. The van der Waals surface area contributed by atoms with Crippen molar-refractivity contribution in [2.24, 2.45) is 0 Å². The van der Waals surface area contributed by atoms with Crippen LogP contribution in [-0.2, 0) is 4.74 Å². The van der Waals surface area contributed by atoms with Gasteiger partial charge in [-0.3, -0.25) is 14.5 Å². The number of rotatable bonds is 5. The maximum Gasteiger partial charge on any atom is 0.274 e. The van der Waals surface area contributed by atoms with E-state index in [1.165, 1.54) is 21.9 Å². The van der Waals surface area contributed by atoms with Crippen LogP contribution in [0.25, 0.3) is 4.96 Å². The van der Waals surface area contributed by atoms with Crippen molar-refractivity contribution in [3.8, 4) is 0 Å². The van der Waals surface area contributed by atoms with Crippen molar-refractivity contribution >= 4 is 27.3 Å². The molecule has 27 heavy (non-hydrogen) atoms. The first-order chi connectivity index (χ1) is 13.2. The normalized spacial score (nSPS) is 21.1. The van der Waals surface area contributed by atoms with Crippen LogP contribution >= 0.6 is 11.3 Å². The number of nitrogens with one attached hydrogen (secondary N) is 1. The molecule has 1 atom stereocenters. The van der Waals surface area contributed by atoms with E-state index in [9.17, 15) is 9.59 Å². The average molecular weight is 392 g/mol. The number of aromatic nitrogens is 3. The number of amides is 1. The van der Waals surface area contributed by atoms with Gasteiger partial charge in [0.05, 0.1) is 13.2 Å². The smallest absolute Gasteiger partial charge is 0.274 e. The molecule has 2 saturated heterocycles. The molecule has 2 aliphatic heterocycles. The van der Waals surface area contributed by atoms with E-state index in [-0.39, 0.29) is 11.6 Å². The minimum absolute atomic E-state index is 0.238. The van der Waals surface area contributed by atoms with Gasteiger partial charge in [-0.25, -0.2) is 0 Å². The molecule has 4 rings (SSSR count). The van der Waals surface area contributed by atoms with Crippen molar-refractivity contribution in [1.29, 1.82) is 0 Å². The largest absolute Gasteiger partial charge is 0.378 e. The van der Waals surface area contributed by atoms with Gasteiger partial charge in [0.25, 0.3) is 11.5 Å². The highest BCUT2D eigenvalue weighted by Crippen LogP contribution is 2.23. The number of likely N-dealkylation sites (tertiary alicyclic amines) is 1. The molecule has 2 fully saturated rings. The van der Waals surface area contributed by atoms with E-state index in [4.69, 9.17) is 4.74 Å². The zero-order valence-electron chi connectivity index (χ0n) is 15.4. The summed E-state index contributed by atoms with van der Waals surface area (Å²) in [4.78, 5) is 33.7. The average Bonchev–Trinajstić information content (AvgIpc) is 3.32. The Morgan fingerprint density at radius 2 is 2.19 bits per heavy atom. The molecule has 0 saturated carbocycles. The van der Waals surface area contributed by atoms with Crippen LogP contribution in [0.5, 0.6) is 0 Å². The third-order valence-electron chi connectivity index (χ3n) is 5.16. The molecule has 0 radical (unpaired) electrons. The van der Waals surface area contributed by atoms with E-state index in [1.807, 2.05) is 0 Å². The third-order valence-corrected chi connectivity index (χ3v) is 6.13. The maximum atomic E-state index is 12.8. The minimum atomic E-state index is -0.423. The second-order valence-corrected chi connectivity index (χ2v) is 7.73. The molecule has 4 heterocycles. The van der Waals surface area contributed by atoms with E-state index in [0.717, 1.165) is 44.2 Å². The van der Waals surface area contributed by atoms with Gasteiger partial charge < -0.3 is 15.0 Å². The Hall–Kier alpha value is -2.04. The number of morpholine rings is 1. The molecule has 2 aromatic heterocycles. The van der Waals surface area contributed by atoms with E-state index in [0.29, 0.717) is 30.8 Å². The Morgan fingerprint density at radius 3 is 2.96 bits per heavy atom. The summed E-state index contributed by atoms with van der Waals surface area (Å²) in [5.41, 5.74) is -0.185. The van der Waals surface area contributed by atoms with E-state index in [2.05, 4.69) is 32.1 Å². The molecule has 146 valence electrons. The van der Waals surface area contributed by atoms with Gasteiger partial charge in [-0.15, -0.1) is 5.10 Å². The Kier molecular flexibility index (Phi) is 5.37. The van der Waals surface area contributed by atoms with Crippen LogP contribution in [0.4, 0.5) is 5.13 Å². The summed E-state index contributed by atoms with van der Waals surface area (Å²) in [7, 11) is 0. The topological polar surface area (TPSA) is 92.1 Å². The molecule has 0 unspecified atom stereocenters. The maximum absolute atomic E-state index is 12.8. The van der Waals surface area contributed by atoms with Gasteiger partial charge in [-0.1, -0.05) is 18.3 Å². The summed E-state index contributed by atoms with van der Waals surface area (Å²) in [6, 6.07) is 1.62. The van der Waals surface area contributed by atoms with Crippen molar-refractivity contribution in [2.75, 3.05) is 50.8 Å². The van der Waals surface area contributed by atoms with Crippen LogP contribution in [0.3, 0.4) is 0 Å². The number of carbonyl (C=O) groups excluding carboxylic acids is 1. The molecule has 1 N–H and O–H groups in total. The van der Waals surface area contributed by atoms with Gasteiger partial charge in [0.15, 0.2) is 0 Å². The van der Waals surface area contributed by atoms with Gasteiger partial charge in [-0.05, 0) is 25.9 Å². The lowest BCUT2D eigenvalue weighted by Crippen LogP contribution is -2.40. The summed E-state index contributed by atoms with van der Waals surface area (Å²) >= 11 is 1.32. The Labute approximate surface area is 160 Å². The number of fused-ring (bicyclic) bond motifs is 1. The van der Waals surface area contributed by atoms with E-state index >= 15 is 0 Å². The zero-order chi connectivity index (χ0) is 18.8. The first-order valence-corrected chi connectivity index (χ1v) is 10.2. The fourth-order valence-corrected chi connectivity index (χ4v) is 4.65. The summed E-state index contributed by atoms with van der Waals surface area (Å²) in [6.45, 7) is 7.52. The van der Waals surface area contributed by atoms with Crippen LogP contribution in [-0.4, -0.2) is 77.4 Å². The Balaban J connectivity index is 1.55. The van der Waals surface area contributed by atoms with Crippen molar-refractivity contribution in [1.82, 2.24) is 24.8 Å². The van der Waals surface area contributed by atoms with Crippen molar-refractivity contribution in [2.45, 2.75) is 25.8 Å². The molecule has 2 aliphatic rings.